The number of carbonyl (C=O) groups is 3. The molecule has 6 N–H and O–H groups in total. The van der Waals surface area contributed by atoms with E-state index in [1.165, 1.54) is 69.8 Å². The Bertz CT molecular complexity index is 6260. The minimum Gasteiger partial charge on any atom is -0.383 e. The summed E-state index contributed by atoms with van der Waals surface area (Å²) in [6.45, 7) is 19.4. The number of alkyl halides is 1. The van der Waals surface area contributed by atoms with Crippen LogP contribution in [0.3, 0.4) is 0 Å². The maximum atomic E-state index is 13.2. The van der Waals surface area contributed by atoms with Gasteiger partial charge >= 0.3 is 0 Å². The van der Waals surface area contributed by atoms with Crippen molar-refractivity contribution >= 4 is 120 Å². The average Bonchev–Trinajstić information content (AvgIpc) is 1.80. The molecule has 3 aromatic carbocycles. The molecule has 3 aliphatic carbocycles. The average molecular weight is 1820 g/mol. The maximum Gasteiger partial charge on any atom is 0.274 e. The number of benzene rings is 3. The second-order valence-corrected chi connectivity index (χ2v) is 37.8. The number of methoxy groups -OCH3 is 1. The highest BCUT2D eigenvalue weighted by atomic mass is 32.1. The molecule has 6 aliphatic rings. The Morgan fingerprint density at radius 1 is 0.412 bits per heavy atom. The quantitative estimate of drug-likeness (QED) is 0.0310. The zero-order chi connectivity index (χ0) is 91.2. The van der Waals surface area contributed by atoms with Gasteiger partial charge in [0.25, 0.3) is 34.4 Å². The summed E-state index contributed by atoms with van der Waals surface area (Å²) in [6.07, 6.45) is 25.0. The van der Waals surface area contributed by atoms with Gasteiger partial charge in [-0.15, -0.1) is 34.0 Å². The van der Waals surface area contributed by atoms with E-state index in [4.69, 9.17) is 10.00 Å². The lowest BCUT2D eigenvalue weighted by atomic mass is 9.99. The van der Waals surface area contributed by atoms with Gasteiger partial charge in [0.05, 0.1) is 63.0 Å². The van der Waals surface area contributed by atoms with E-state index < -0.39 is 0 Å². The number of thiophene rings is 3. The number of aryl methyl sites for hydroxylation is 9. The lowest BCUT2D eigenvalue weighted by Gasteiger charge is -2.35. The van der Waals surface area contributed by atoms with Gasteiger partial charge in [-0.2, -0.15) is 5.26 Å². The largest absolute Gasteiger partial charge is 0.383 e. The molecule has 0 spiro atoms. The molecule has 0 bridgehead atoms. The number of nitrogens with one attached hydrogen (secondary N) is 6. The lowest BCUT2D eigenvalue weighted by Crippen LogP contribution is -2.47. The first-order valence-electron chi connectivity index (χ1n) is 45.4. The molecule has 0 atom stereocenters. The predicted octanol–water partition coefficient (Wildman–Crippen LogP) is 17.0. The van der Waals surface area contributed by atoms with Crippen LogP contribution in [0.4, 0.5) is 73.0 Å². The fraction of sp³-hybridized carbons (Fsp3) is 0.366. The number of hydrogen-bond acceptors (Lipinski definition) is 23. The van der Waals surface area contributed by atoms with Gasteiger partial charge in [-0.3, -0.25) is 43.5 Å². The van der Waals surface area contributed by atoms with Gasteiger partial charge < -0.3 is 65.0 Å². The van der Waals surface area contributed by atoms with Gasteiger partial charge in [0.2, 0.25) is 0 Å². The third kappa shape index (κ3) is 22.2. The van der Waals surface area contributed by atoms with E-state index in [-0.39, 0.29) is 41.1 Å². The minimum atomic E-state index is -0.318. The summed E-state index contributed by atoms with van der Waals surface area (Å²) in [7, 11) is 6.96. The molecule has 3 fully saturated rings. The molecule has 18 rings (SSSR count). The smallest absolute Gasteiger partial charge is 0.274 e. The molecule has 0 saturated carbocycles. The van der Waals surface area contributed by atoms with Crippen molar-refractivity contribution in [3.63, 3.8) is 0 Å². The number of halogens is 1. The van der Waals surface area contributed by atoms with Crippen LogP contribution < -0.4 is 63.3 Å². The number of nitriles is 1. The summed E-state index contributed by atoms with van der Waals surface area (Å²) in [5, 5.41) is 27.9. The highest BCUT2D eigenvalue weighted by molar-refractivity contribution is 7.15. The van der Waals surface area contributed by atoms with Gasteiger partial charge in [0.15, 0.2) is 0 Å². The molecule has 30 heteroatoms. The number of amides is 3. The Morgan fingerprint density at radius 2 is 0.725 bits per heavy atom. The number of nitrogens with zero attached hydrogens (tertiary/aromatic N) is 13. The molecule has 3 aliphatic heterocycles. The van der Waals surface area contributed by atoms with Crippen molar-refractivity contribution < 1.29 is 23.5 Å². The zero-order valence-electron chi connectivity index (χ0n) is 75.6. The van der Waals surface area contributed by atoms with Crippen molar-refractivity contribution in [2.24, 2.45) is 21.1 Å². The van der Waals surface area contributed by atoms with Crippen LogP contribution >= 0.6 is 34.0 Å². The van der Waals surface area contributed by atoms with Crippen molar-refractivity contribution in [1.29, 1.82) is 5.26 Å². The van der Waals surface area contributed by atoms with E-state index in [0.717, 1.165) is 236 Å². The van der Waals surface area contributed by atoms with Crippen molar-refractivity contribution in [2.75, 3.05) is 165 Å². The van der Waals surface area contributed by atoms with Crippen molar-refractivity contribution in [3.8, 4) is 39.4 Å². The van der Waals surface area contributed by atoms with E-state index >= 15 is 0 Å². The van der Waals surface area contributed by atoms with Crippen molar-refractivity contribution in [1.82, 2.24) is 43.4 Å². The second-order valence-electron chi connectivity index (χ2n) is 34.4. The molecule has 12 aromatic rings. The molecule has 680 valence electrons. The van der Waals surface area contributed by atoms with Crippen LogP contribution in [0.2, 0.25) is 0 Å². The third-order valence-electron chi connectivity index (χ3n) is 25.7. The van der Waals surface area contributed by atoms with Crippen LogP contribution in [0.15, 0.2) is 179 Å². The lowest BCUT2D eigenvalue weighted by molar-refractivity contribution is 0.102. The monoisotopic (exact) mass is 1820 g/mol. The maximum absolute atomic E-state index is 13.2. The van der Waals surface area contributed by atoms with E-state index in [1.54, 1.807) is 76.0 Å². The van der Waals surface area contributed by atoms with Crippen LogP contribution in [-0.2, 0) is 64.4 Å². The van der Waals surface area contributed by atoms with Crippen LogP contribution in [0, 0.1) is 32.1 Å². The number of aromatic nitrogens is 6. The number of piperazine rings is 3. The minimum absolute atomic E-state index is 0.0741. The Labute approximate surface area is 775 Å². The van der Waals surface area contributed by atoms with E-state index in [9.17, 15) is 33.2 Å². The number of hydrogen-bond donors (Lipinski definition) is 6. The fourth-order valence-corrected chi connectivity index (χ4v) is 21.5. The van der Waals surface area contributed by atoms with E-state index in [1.807, 2.05) is 167 Å². The first kappa shape index (κ1) is 91.8. The molecular weight excluding hydrogens is 1710 g/mol. The third-order valence-corrected chi connectivity index (χ3v) is 29.4. The molecular formula is C101H114FN19O7S3. The van der Waals surface area contributed by atoms with Crippen LogP contribution in [0.1, 0.15) is 122 Å². The van der Waals surface area contributed by atoms with Crippen molar-refractivity contribution in [2.45, 2.75) is 104 Å². The standard InChI is InChI=1S/C34H37N7O2S.C34H40N6O3S.C33H37FN6O2S/c1-23-27(8-5-9-28(23)38-33(42)31-20-24-7-3-4-10-30(24)44-31)25-19-29(34(43)39(2)22-25)37-32-12-11-26(21-36-32)41-17-15-40(16-18-41)14-6-13-35;1-23-27(8-6-9-28(23)37-33(41)31-20-24-7-4-5-10-30(24)44-31)25-19-29(34(42)38(2)22-25)36-32-12-11-26(21-35-32)40-15-13-39(14-16-40)17-18-43-3;1-22-26(7-5-8-27(22)37-32(41)30-19-23-6-3-4-9-29(23)43-30)24-18-28(33(42)38(2)21-24)36-31-11-10-25(20-35-31)40-16-14-39(13-12-34)15-17-40/h5,8-9,11-12,19-22H,3-4,6-7,10,14-18H2,1-2H3,(H,36,37)(H,38,42);6,8-9,11-12,19-22H,4-5,7,10,13-18H2,1-3H3,(H,35,36)(H,37,41);5,7-8,10-11,18-21H,3-4,6,9,12-17H2,1-2H3,(H,35,36)(H,37,41). The number of carbonyl (C=O) groups excluding carboxylic acids is 3. The Morgan fingerprint density at radius 3 is 1.02 bits per heavy atom. The number of fused-ring (bicyclic) bond motifs is 3. The summed E-state index contributed by atoms with van der Waals surface area (Å²) in [5.41, 5.74) is 18.3. The number of ether oxygens (including phenoxy) is 1. The Hall–Kier alpha value is -12.5. The van der Waals surface area contributed by atoms with Crippen molar-refractivity contribution in [3.05, 3.63) is 258 Å². The fourth-order valence-electron chi connectivity index (χ4n) is 18.0. The van der Waals surface area contributed by atoms with Crippen LogP contribution in [0.25, 0.3) is 33.4 Å². The van der Waals surface area contributed by atoms with Gasteiger partial charge in [-0.1, -0.05) is 36.4 Å². The molecule has 3 amide bonds. The molecule has 0 radical (unpaired) electrons. The summed E-state index contributed by atoms with van der Waals surface area (Å²) in [4.78, 5) is 113. The SMILES string of the molecule is COCCN1CCN(c2ccc(Nc3cc(-c4cccc(NC(=O)c5cc6c(s5)CCCC6)c4C)cn(C)c3=O)nc2)CC1.Cc1c(NC(=O)c2cc3c(s2)CCCC3)cccc1-c1cc(Nc2ccc(N3CCN(CCC#N)CC3)cn2)c(=O)n(C)c1.Cc1c(NC(=O)c2cc3c(s2)CCCC3)cccc1-c1cc(Nc2ccc(N3CCN(CCF)CC3)cn2)c(=O)n(C)c1. The summed E-state index contributed by atoms with van der Waals surface area (Å²) in [6, 6.07) is 43.3. The zero-order valence-corrected chi connectivity index (χ0v) is 78.0. The normalized spacial score (nSPS) is 15.2. The second kappa shape index (κ2) is 42.6. The molecule has 131 heavy (non-hydrogen) atoms. The topological polar surface area (TPSA) is 281 Å². The highest BCUT2D eigenvalue weighted by Crippen LogP contribution is 2.39. The first-order chi connectivity index (χ1) is 63.7. The Kier molecular flexibility index (Phi) is 29.9. The molecule has 3 saturated heterocycles. The van der Waals surface area contributed by atoms with Crippen LogP contribution in [0.5, 0.6) is 0 Å². The van der Waals surface area contributed by atoms with E-state index in [0.29, 0.717) is 47.5 Å². The predicted molar refractivity (Wildman–Crippen MR) is 529 cm³/mol. The van der Waals surface area contributed by atoms with E-state index in [2.05, 4.69) is 101 Å². The first-order valence-corrected chi connectivity index (χ1v) is 47.9. The molecule has 12 heterocycles. The number of pyridine rings is 6. The van der Waals surface area contributed by atoms with Gasteiger partial charge in [-0.25, -0.2) is 19.3 Å². The summed E-state index contributed by atoms with van der Waals surface area (Å²) >= 11 is 4.83. The molecule has 0 unspecified atom stereocenters. The van der Waals surface area contributed by atoms with Crippen LogP contribution in [-0.4, -0.2) is 180 Å². The molecule has 26 nitrogen and oxygen atoms in total. The number of rotatable bonds is 25. The highest BCUT2D eigenvalue weighted by Gasteiger charge is 2.27. The number of anilines is 12. The van der Waals surface area contributed by atoms with Gasteiger partial charge in [0.1, 0.15) is 41.2 Å². The van der Waals surface area contributed by atoms with Gasteiger partial charge in [-0.05, 0) is 239 Å². The van der Waals surface area contributed by atoms with Gasteiger partial charge in [0, 0.05) is 200 Å². The summed E-state index contributed by atoms with van der Waals surface area (Å²) < 4.78 is 22.6. The molecule has 9 aromatic heterocycles. The summed E-state index contributed by atoms with van der Waals surface area (Å²) in [5.74, 6) is 1.53. The Balaban J connectivity index is 0.000000144.